The minimum Gasteiger partial charge on any atom is -0.478 e. The smallest absolute Gasteiger partial charge is 0.337 e. The van der Waals surface area contributed by atoms with Crippen LogP contribution in [-0.2, 0) is 0 Å². The minimum absolute atomic E-state index is 0.256. The Morgan fingerprint density at radius 2 is 2.08 bits per heavy atom. The molecule has 0 amide bonds. The molecule has 0 aliphatic heterocycles. The van der Waals surface area contributed by atoms with E-state index in [0.29, 0.717) is 5.69 Å². The summed E-state index contributed by atoms with van der Waals surface area (Å²) >= 11 is 0. The number of para-hydroxylation sites is 1. The number of hydrogen-bond acceptors (Lipinski definition) is 3. The lowest BCUT2D eigenvalue weighted by Crippen LogP contribution is -2.17. The van der Waals surface area contributed by atoms with Crippen molar-refractivity contribution in [3.63, 3.8) is 0 Å². The summed E-state index contributed by atoms with van der Waals surface area (Å²) in [5.41, 5.74) is 6.21. The van der Waals surface area contributed by atoms with Crippen LogP contribution in [0.3, 0.4) is 0 Å². The Balaban J connectivity index is 3.00. The molecule has 64 valence electrons. The highest BCUT2D eigenvalue weighted by molar-refractivity contribution is 5.93. The predicted molar refractivity (Wildman–Crippen MR) is 46.1 cm³/mol. The third kappa shape index (κ3) is 1.73. The van der Waals surface area contributed by atoms with E-state index >= 15 is 0 Å². The number of hydrazine groups is 1. The summed E-state index contributed by atoms with van der Waals surface area (Å²) in [6.07, 6.45) is 0. The first-order valence-corrected chi connectivity index (χ1v) is 3.51. The van der Waals surface area contributed by atoms with Crippen LogP contribution in [0.25, 0.3) is 0 Å². The van der Waals surface area contributed by atoms with Gasteiger partial charge in [0.25, 0.3) is 0 Å². The van der Waals surface area contributed by atoms with Gasteiger partial charge in [-0.3, -0.25) is 0 Å². The van der Waals surface area contributed by atoms with Crippen LogP contribution >= 0.6 is 0 Å². The summed E-state index contributed by atoms with van der Waals surface area (Å²) in [5.74, 6) is -0.937. The highest BCUT2D eigenvalue weighted by Gasteiger charge is 2.06. The van der Waals surface area contributed by atoms with Crippen molar-refractivity contribution in [1.29, 1.82) is 0 Å². The summed E-state index contributed by atoms with van der Waals surface area (Å²) in [7, 11) is 1.68. The summed E-state index contributed by atoms with van der Waals surface area (Å²) in [6.45, 7) is 0. The van der Waals surface area contributed by atoms with E-state index in [2.05, 4.69) is 10.9 Å². The van der Waals surface area contributed by atoms with Crippen molar-refractivity contribution in [2.45, 2.75) is 0 Å². The van der Waals surface area contributed by atoms with Crippen LogP contribution in [0.4, 0.5) is 5.69 Å². The Labute approximate surface area is 70.2 Å². The molecular weight excluding hydrogens is 156 g/mol. The Hall–Kier alpha value is -1.55. The maximum Gasteiger partial charge on any atom is 0.337 e. The second-order valence-corrected chi connectivity index (χ2v) is 2.23. The first-order chi connectivity index (χ1) is 5.75. The summed E-state index contributed by atoms with van der Waals surface area (Å²) in [6, 6.07) is 6.69. The molecule has 0 spiro atoms. The molecule has 0 fully saturated rings. The number of carboxylic acids is 1. The van der Waals surface area contributed by atoms with Crippen LogP contribution in [0, 0.1) is 0 Å². The number of aromatic carboxylic acids is 1. The van der Waals surface area contributed by atoms with Crippen LogP contribution in [0.2, 0.25) is 0 Å². The molecule has 3 N–H and O–H groups in total. The molecule has 0 aliphatic rings. The first-order valence-electron chi connectivity index (χ1n) is 3.51. The van der Waals surface area contributed by atoms with Crippen molar-refractivity contribution in [1.82, 2.24) is 5.43 Å². The standard InChI is InChI=1S/C8H10N2O2/c1-9-10-7-5-3-2-4-6(7)8(11)12/h2-5,9-10H,1H3,(H,11,12). The molecule has 1 aromatic rings. The Bertz CT molecular complexity index is 286. The Morgan fingerprint density at radius 3 is 2.67 bits per heavy atom. The van der Waals surface area contributed by atoms with Crippen molar-refractivity contribution < 1.29 is 9.90 Å². The second kappa shape index (κ2) is 3.73. The van der Waals surface area contributed by atoms with E-state index in [1.807, 2.05) is 0 Å². The topological polar surface area (TPSA) is 61.4 Å². The van der Waals surface area contributed by atoms with E-state index in [-0.39, 0.29) is 5.56 Å². The fourth-order valence-electron chi connectivity index (χ4n) is 0.913. The Morgan fingerprint density at radius 1 is 1.42 bits per heavy atom. The highest BCUT2D eigenvalue weighted by atomic mass is 16.4. The summed E-state index contributed by atoms with van der Waals surface area (Å²) < 4.78 is 0. The average Bonchev–Trinajstić information content (AvgIpc) is 2.05. The molecule has 4 heteroatoms. The molecule has 0 aliphatic carbocycles. The van der Waals surface area contributed by atoms with Crippen molar-refractivity contribution in [3.05, 3.63) is 29.8 Å². The first kappa shape index (κ1) is 8.55. The number of carbonyl (C=O) groups is 1. The number of nitrogens with one attached hydrogen (secondary N) is 2. The lowest BCUT2D eigenvalue weighted by atomic mass is 10.2. The van der Waals surface area contributed by atoms with Gasteiger partial charge in [-0.1, -0.05) is 12.1 Å². The normalized spacial score (nSPS) is 9.42. The van der Waals surface area contributed by atoms with Crippen LogP contribution in [-0.4, -0.2) is 18.1 Å². The molecule has 0 unspecified atom stereocenters. The van der Waals surface area contributed by atoms with Crippen molar-refractivity contribution in [2.75, 3.05) is 12.5 Å². The molecule has 4 nitrogen and oxygen atoms in total. The predicted octanol–water partition coefficient (Wildman–Crippen LogP) is 0.931. The van der Waals surface area contributed by atoms with Crippen molar-refractivity contribution in [3.8, 4) is 0 Å². The van der Waals surface area contributed by atoms with Crippen molar-refractivity contribution >= 4 is 11.7 Å². The molecule has 1 aromatic carbocycles. The molecule has 0 radical (unpaired) electrons. The van der Waals surface area contributed by atoms with Crippen LogP contribution < -0.4 is 10.9 Å². The van der Waals surface area contributed by atoms with Gasteiger partial charge in [0.2, 0.25) is 0 Å². The maximum atomic E-state index is 10.6. The summed E-state index contributed by atoms with van der Waals surface area (Å²) in [5, 5.41) is 8.72. The average molecular weight is 166 g/mol. The number of rotatable bonds is 3. The number of benzene rings is 1. The number of carboxylic acid groups (broad SMARTS) is 1. The van der Waals surface area contributed by atoms with E-state index in [1.54, 1.807) is 31.3 Å². The molecular formula is C8H10N2O2. The molecule has 1 rings (SSSR count). The fraction of sp³-hybridized carbons (Fsp3) is 0.125. The van der Waals surface area contributed by atoms with Gasteiger partial charge < -0.3 is 10.5 Å². The number of hydrogen-bond donors (Lipinski definition) is 3. The molecule has 0 saturated heterocycles. The minimum atomic E-state index is -0.937. The zero-order valence-corrected chi connectivity index (χ0v) is 6.66. The summed E-state index contributed by atoms with van der Waals surface area (Å²) in [4.78, 5) is 10.6. The van der Waals surface area contributed by atoms with E-state index < -0.39 is 5.97 Å². The second-order valence-electron chi connectivity index (χ2n) is 2.23. The number of anilines is 1. The quantitative estimate of drug-likeness (QED) is 0.584. The van der Waals surface area contributed by atoms with E-state index in [0.717, 1.165) is 0 Å². The largest absolute Gasteiger partial charge is 0.478 e. The van der Waals surface area contributed by atoms with Gasteiger partial charge in [-0.2, -0.15) is 0 Å². The van der Waals surface area contributed by atoms with Gasteiger partial charge in [-0.15, -0.1) is 0 Å². The maximum absolute atomic E-state index is 10.6. The van der Waals surface area contributed by atoms with Crippen molar-refractivity contribution in [2.24, 2.45) is 0 Å². The molecule has 0 atom stereocenters. The third-order valence-corrected chi connectivity index (χ3v) is 1.42. The molecule has 0 bridgehead atoms. The van der Waals surface area contributed by atoms with Gasteiger partial charge in [0.05, 0.1) is 11.3 Å². The fourth-order valence-corrected chi connectivity index (χ4v) is 0.913. The van der Waals surface area contributed by atoms with Gasteiger partial charge in [0.15, 0.2) is 0 Å². The van der Waals surface area contributed by atoms with Gasteiger partial charge in [0.1, 0.15) is 0 Å². The molecule has 12 heavy (non-hydrogen) atoms. The van der Waals surface area contributed by atoms with Gasteiger partial charge in [-0.25, -0.2) is 10.2 Å². The highest BCUT2D eigenvalue weighted by Crippen LogP contribution is 2.12. The SMILES string of the molecule is CNNc1ccccc1C(=O)O. The molecule has 0 aromatic heterocycles. The zero-order chi connectivity index (χ0) is 8.97. The van der Waals surface area contributed by atoms with E-state index in [4.69, 9.17) is 5.11 Å². The van der Waals surface area contributed by atoms with Crippen LogP contribution in [0.15, 0.2) is 24.3 Å². The van der Waals surface area contributed by atoms with Gasteiger partial charge in [-0.05, 0) is 12.1 Å². The van der Waals surface area contributed by atoms with E-state index in [9.17, 15) is 4.79 Å². The Kier molecular flexibility index (Phi) is 2.66. The lowest BCUT2D eigenvalue weighted by Gasteiger charge is -2.06. The zero-order valence-electron chi connectivity index (χ0n) is 6.66. The van der Waals surface area contributed by atoms with E-state index in [1.165, 1.54) is 0 Å². The van der Waals surface area contributed by atoms with Crippen LogP contribution in [0.5, 0.6) is 0 Å². The lowest BCUT2D eigenvalue weighted by molar-refractivity contribution is 0.0698. The van der Waals surface area contributed by atoms with Gasteiger partial charge in [0, 0.05) is 7.05 Å². The monoisotopic (exact) mass is 166 g/mol. The molecule has 0 saturated carbocycles. The third-order valence-electron chi connectivity index (χ3n) is 1.42. The molecule has 0 heterocycles. The van der Waals surface area contributed by atoms with Gasteiger partial charge >= 0.3 is 5.97 Å². The van der Waals surface area contributed by atoms with Crippen LogP contribution in [0.1, 0.15) is 10.4 Å².